The Bertz CT molecular complexity index is 173. The van der Waals surface area contributed by atoms with Crippen LogP contribution in [0.15, 0.2) is 0 Å². The number of hydrogen-bond donors (Lipinski definition) is 1. The highest BCUT2D eigenvalue weighted by molar-refractivity contribution is 5.81. The third-order valence-corrected chi connectivity index (χ3v) is 2.42. The summed E-state index contributed by atoms with van der Waals surface area (Å²) in [5.41, 5.74) is -0.323. The van der Waals surface area contributed by atoms with E-state index in [-0.39, 0.29) is 11.4 Å². The highest BCUT2D eigenvalue weighted by atomic mass is 16.5. The summed E-state index contributed by atoms with van der Waals surface area (Å²) in [5, 5.41) is 6.93. The van der Waals surface area contributed by atoms with Gasteiger partial charge in [0.15, 0.2) is 0 Å². The van der Waals surface area contributed by atoms with Gasteiger partial charge in [-0.1, -0.05) is 6.42 Å². The number of methoxy groups -OCH3 is 1. The van der Waals surface area contributed by atoms with E-state index in [0.717, 1.165) is 19.3 Å². The van der Waals surface area contributed by atoms with Gasteiger partial charge in [0, 0.05) is 0 Å². The topological polar surface area (TPSA) is 50.2 Å². The molecule has 0 heterocycles. The Hall–Kier alpha value is -0.860. The van der Waals surface area contributed by atoms with Gasteiger partial charge in [0.25, 0.3) is 0 Å². The molecule has 1 aliphatic carbocycles. The van der Waals surface area contributed by atoms with Crippen LogP contribution in [0.5, 0.6) is 0 Å². The summed E-state index contributed by atoms with van der Waals surface area (Å²) in [5.74, 6) is -0.146. The standard InChI is InChI=1S/C8H13NO2/c1-11-7(10)8(5-6-9)3-2-4-8/h6,9H,2-5H2,1H3. The minimum absolute atomic E-state index is 0.146. The van der Waals surface area contributed by atoms with Crippen LogP contribution in [0.1, 0.15) is 25.7 Å². The van der Waals surface area contributed by atoms with Crippen molar-refractivity contribution in [3.8, 4) is 0 Å². The largest absolute Gasteiger partial charge is 0.469 e. The Labute approximate surface area is 66.2 Å². The predicted octanol–water partition coefficient (Wildman–Crippen LogP) is 1.37. The van der Waals surface area contributed by atoms with Crippen molar-refractivity contribution in [2.75, 3.05) is 7.11 Å². The predicted molar refractivity (Wildman–Crippen MR) is 41.7 cm³/mol. The van der Waals surface area contributed by atoms with Crippen LogP contribution in [-0.2, 0) is 9.53 Å². The van der Waals surface area contributed by atoms with E-state index in [1.807, 2.05) is 0 Å². The fourth-order valence-electron chi connectivity index (χ4n) is 1.51. The molecule has 0 aliphatic heterocycles. The van der Waals surface area contributed by atoms with Crippen molar-refractivity contribution in [1.29, 1.82) is 5.41 Å². The highest BCUT2D eigenvalue weighted by Gasteiger charge is 2.44. The van der Waals surface area contributed by atoms with Crippen LogP contribution in [0.3, 0.4) is 0 Å². The number of carbonyl (C=O) groups is 1. The molecule has 62 valence electrons. The first-order chi connectivity index (χ1) is 5.25. The Morgan fingerprint density at radius 3 is 2.64 bits per heavy atom. The molecule has 0 radical (unpaired) electrons. The zero-order valence-corrected chi connectivity index (χ0v) is 6.72. The van der Waals surface area contributed by atoms with Gasteiger partial charge in [-0.2, -0.15) is 0 Å². The van der Waals surface area contributed by atoms with Crippen LogP contribution in [-0.4, -0.2) is 19.3 Å². The summed E-state index contributed by atoms with van der Waals surface area (Å²) in [7, 11) is 1.41. The second kappa shape index (κ2) is 3.03. The van der Waals surface area contributed by atoms with Crippen molar-refractivity contribution in [1.82, 2.24) is 0 Å². The smallest absolute Gasteiger partial charge is 0.312 e. The Balaban J connectivity index is 2.59. The molecule has 0 unspecified atom stereocenters. The monoisotopic (exact) mass is 155 g/mol. The van der Waals surface area contributed by atoms with E-state index in [9.17, 15) is 4.79 Å². The minimum atomic E-state index is -0.323. The molecule has 1 rings (SSSR count). The summed E-state index contributed by atoms with van der Waals surface area (Å²) in [6.07, 6.45) is 4.70. The summed E-state index contributed by atoms with van der Waals surface area (Å²) >= 11 is 0. The van der Waals surface area contributed by atoms with Crippen LogP contribution < -0.4 is 0 Å². The van der Waals surface area contributed by atoms with Crippen molar-refractivity contribution in [2.45, 2.75) is 25.7 Å². The molecule has 11 heavy (non-hydrogen) atoms. The van der Waals surface area contributed by atoms with E-state index in [2.05, 4.69) is 4.74 Å². The Morgan fingerprint density at radius 2 is 2.36 bits per heavy atom. The number of ether oxygens (including phenoxy) is 1. The first-order valence-corrected chi connectivity index (χ1v) is 3.82. The zero-order chi connectivity index (χ0) is 8.32. The van der Waals surface area contributed by atoms with E-state index in [0.29, 0.717) is 6.42 Å². The second-order valence-electron chi connectivity index (χ2n) is 3.03. The van der Waals surface area contributed by atoms with Gasteiger partial charge in [0.2, 0.25) is 0 Å². The summed E-state index contributed by atoms with van der Waals surface area (Å²) in [6.45, 7) is 0. The average Bonchev–Trinajstić information content (AvgIpc) is 1.95. The van der Waals surface area contributed by atoms with Crippen LogP contribution in [0.2, 0.25) is 0 Å². The molecule has 0 saturated heterocycles. The fraction of sp³-hybridized carbons (Fsp3) is 0.750. The lowest BCUT2D eigenvalue weighted by atomic mass is 9.67. The molecular weight excluding hydrogens is 142 g/mol. The van der Waals surface area contributed by atoms with Gasteiger partial charge in [-0.3, -0.25) is 4.79 Å². The molecule has 3 heteroatoms. The summed E-state index contributed by atoms with van der Waals surface area (Å²) in [4.78, 5) is 11.2. The maximum Gasteiger partial charge on any atom is 0.312 e. The molecular formula is C8H13NO2. The quantitative estimate of drug-likeness (QED) is 0.494. The van der Waals surface area contributed by atoms with Gasteiger partial charge in [0.1, 0.15) is 0 Å². The second-order valence-corrected chi connectivity index (χ2v) is 3.03. The minimum Gasteiger partial charge on any atom is -0.469 e. The lowest BCUT2D eigenvalue weighted by Crippen LogP contribution is -2.39. The van der Waals surface area contributed by atoms with Crippen LogP contribution in [0, 0.1) is 10.8 Å². The van der Waals surface area contributed by atoms with Gasteiger partial charge < -0.3 is 10.1 Å². The van der Waals surface area contributed by atoms with Crippen LogP contribution in [0.4, 0.5) is 0 Å². The molecule has 0 spiro atoms. The average molecular weight is 155 g/mol. The molecule has 0 aromatic heterocycles. The third kappa shape index (κ3) is 1.27. The van der Waals surface area contributed by atoms with Gasteiger partial charge in [-0.05, 0) is 25.5 Å². The Kier molecular flexibility index (Phi) is 2.27. The SMILES string of the molecule is COC(=O)C1(CC=N)CCC1. The molecule has 0 amide bonds. The van der Waals surface area contributed by atoms with E-state index in [4.69, 9.17) is 5.41 Å². The fourth-order valence-corrected chi connectivity index (χ4v) is 1.51. The normalized spacial score (nSPS) is 20.1. The number of carbonyl (C=O) groups excluding carboxylic acids is 1. The zero-order valence-electron chi connectivity index (χ0n) is 6.72. The Morgan fingerprint density at radius 1 is 1.73 bits per heavy atom. The van der Waals surface area contributed by atoms with Crippen molar-refractivity contribution < 1.29 is 9.53 Å². The molecule has 0 bridgehead atoms. The molecule has 0 atom stereocenters. The number of nitrogens with one attached hydrogen (secondary N) is 1. The van der Waals surface area contributed by atoms with Crippen LogP contribution >= 0.6 is 0 Å². The van der Waals surface area contributed by atoms with Crippen molar-refractivity contribution in [3.63, 3.8) is 0 Å². The molecule has 3 nitrogen and oxygen atoms in total. The molecule has 0 aromatic rings. The highest BCUT2D eigenvalue weighted by Crippen LogP contribution is 2.44. The molecule has 1 N–H and O–H groups in total. The van der Waals surface area contributed by atoms with Gasteiger partial charge in [-0.15, -0.1) is 0 Å². The maximum atomic E-state index is 11.2. The lowest BCUT2D eigenvalue weighted by molar-refractivity contribution is -0.157. The number of hydrogen-bond acceptors (Lipinski definition) is 3. The molecule has 0 aromatic carbocycles. The summed E-state index contributed by atoms with van der Waals surface area (Å²) in [6, 6.07) is 0. The molecule has 1 aliphatic rings. The number of rotatable bonds is 3. The van der Waals surface area contributed by atoms with Gasteiger partial charge in [0.05, 0.1) is 12.5 Å². The third-order valence-electron chi connectivity index (χ3n) is 2.42. The van der Waals surface area contributed by atoms with Crippen molar-refractivity contribution in [3.05, 3.63) is 0 Å². The first-order valence-electron chi connectivity index (χ1n) is 3.82. The van der Waals surface area contributed by atoms with Gasteiger partial charge in [-0.25, -0.2) is 0 Å². The van der Waals surface area contributed by atoms with Gasteiger partial charge >= 0.3 is 5.97 Å². The maximum absolute atomic E-state index is 11.2. The van der Waals surface area contributed by atoms with E-state index >= 15 is 0 Å². The summed E-state index contributed by atoms with van der Waals surface area (Å²) < 4.78 is 4.67. The van der Waals surface area contributed by atoms with E-state index in [1.54, 1.807) is 0 Å². The molecule has 1 saturated carbocycles. The van der Waals surface area contributed by atoms with Crippen molar-refractivity contribution in [2.24, 2.45) is 5.41 Å². The lowest BCUT2D eigenvalue weighted by Gasteiger charge is -2.37. The van der Waals surface area contributed by atoms with Crippen molar-refractivity contribution >= 4 is 12.2 Å². The number of esters is 1. The van der Waals surface area contributed by atoms with Crippen LogP contribution in [0.25, 0.3) is 0 Å². The van der Waals surface area contributed by atoms with E-state index in [1.165, 1.54) is 13.3 Å². The molecule has 1 fully saturated rings. The first kappa shape index (κ1) is 8.24. The van der Waals surface area contributed by atoms with E-state index < -0.39 is 0 Å².